The number of carbonyl (C=O) groups excluding carboxylic acids is 1. The van der Waals surface area contributed by atoms with Crippen LogP contribution in [0.25, 0.3) is 32.9 Å². The van der Waals surface area contributed by atoms with Gasteiger partial charge in [-0.3, -0.25) is 14.8 Å². The highest BCUT2D eigenvalue weighted by Crippen LogP contribution is 2.43. The van der Waals surface area contributed by atoms with Crippen molar-refractivity contribution in [2.24, 2.45) is 0 Å². The number of nitrogens with zero attached hydrogens (tertiary/aromatic N) is 7. The van der Waals surface area contributed by atoms with E-state index in [0.29, 0.717) is 53.5 Å². The van der Waals surface area contributed by atoms with E-state index < -0.39 is 5.82 Å². The number of anilines is 2. The van der Waals surface area contributed by atoms with E-state index in [1.165, 1.54) is 18.9 Å². The number of aromatic nitrogens is 4. The van der Waals surface area contributed by atoms with Crippen molar-refractivity contribution in [3.8, 4) is 11.1 Å². The van der Waals surface area contributed by atoms with E-state index in [-0.39, 0.29) is 28.5 Å². The van der Waals surface area contributed by atoms with Crippen molar-refractivity contribution in [2.75, 3.05) is 43.0 Å². The monoisotopic (exact) mass is 602 g/mol. The highest BCUT2D eigenvalue weighted by Gasteiger charge is 2.40. The first-order chi connectivity index (χ1) is 20.7. The number of hydrogen-bond donors (Lipinski definition) is 1. The fourth-order valence-corrected chi connectivity index (χ4v) is 6.99. The topological polar surface area (TPSA) is 84.5 Å². The van der Waals surface area contributed by atoms with Gasteiger partial charge in [0, 0.05) is 72.2 Å². The second-order valence-electron chi connectivity index (χ2n) is 12.4. The molecule has 0 bridgehead atoms. The van der Waals surface area contributed by atoms with E-state index in [1.54, 1.807) is 12.3 Å². The molecule has 4 heterocycles. The zero-order chi connectivity index (χ0) is 30.2. The third kappa shape index (κ3) is 4.62. The largest absolute Gasteiger partial charge is 0.349 e. The van der Waals surface area contributed by atoms with Crippen LogP contribution in [0.3, 0.4) is 0 Å². The lowest BCUT2D eigenvalue weighted by atomic mass is 9.96. The summed E-state index contributed by atoms with van der Waals surface area (Å²) in [5.41, 5.74) is 2.82. The van der Waals surface area contributed by atoms with Crippen LogP contribution in [0.5, 0.6) is 0 Å². The fraction of sp³-hybridized carbons (Fsp3) is 0.438. The molecule has 1 N–H and O–H groups in total. The summed E-state index contributed by atoms with van der Waals surface area (Å²) >= 11 is 6.94. The van der Waals surface area contributed by atoms with Gasteiger partial charge in [-0.15, -0.1) is 0 Å². The number of likely N-dealkylation sites (N-methyl/N-ethyl adjacent to an activating group) is 1. The van der Waals surface area contributed by atoms with Crippen LogP contribution in [-0.4, -0.2) is 93.3 Å². The van der Waals surface area contributed by atoms with Gasteiger partial charge in [-0.2, -0.15) is 10.1 Å². The number of H-pyrrole nitrogens is 1. The van der Waals surface area contributed by atoms with Crippen molar-refractivity contribution >= 4 is 51.1 Å². The van der Waals surface area contributed by atoms with Crippen LogP contribution in [0.4, 0.5) is 16.2 Å². The van der Waals surface area contributed by atoms with Crippen LogP contribution < -0.4 is 9.80 Å². The smallest absolute Gasteiger partial charge is 0.246 e. The van der Waals surface area contributed by atoms with Crippen molar-refractivity contribution < 1.29 is 9.18 Å². The van der Waals surface area contributed by atoms with E-state index in [9.17, 15) is 4.79 Å². The summed E-state index contributed by atoms with van der Waals surface area (Å²) in [5, 5.41) is 8.94. The van der Waals surface area contributed by atoms with Crippen molar-refractivity contribution in [3.63, 3.8) is 0 Å². The maximum absolute atomic E-state index is 16.9. The van der Waals surface area contributed by atoms with E-state index in [4.69, 9.17) is 21.6 Å². The number of carbonyl (C=O) groups is 1. The molecule has 3 aliphatic rings. The highest BCUT2D eigenvalue weighted by atomic mass is 35.5. The lowest BCUT2D eigenvalue weighted by molar-refractivity contribution is -0.128. The van der Waals surface area contributed by atoms with Crippen molar-refractivity contribution in [3.05, 3.63) is 53.5 Å². The molecule has 2 aliphatic heterocycles. The lowest BCUT2D eigenvalue weighted by Gasteiger charge is -2.46. The van der Waals surface area contributed by atoms with Gasteiger partial charge in [0.2, 0.25) is 11.9 Å². The van der Waals surface area contributed by atoms with Gasteiger partial charge in [-0.25, -0.2) is 9.37 Å². The Hall–Kier alpha value is -3.76. The molecule has 0 unspecified atom stereocenters. The molecule has 1 aliphatic carbocycles. The Balaban J connectivity index is 1.37. The molecule has 11 heteroatoms. The van der Waals surface area contributed by atoms with E-state index >= 15 is 4.39 Å². The maximum atomic E-state index is 16.9. The number of halogens is 2. The Morgan fingerprint density at radius 2 is 1.88 bits per heavy atom. The zero-order valence-electron chi connectivity index (χ0n) is 24.9. The van der Waals surface area contributed by atoms with Gasteiger partial charge in [0.15, 0.2) is 5.82 Å². The number of nitrogens with one attached hydrogen (secondary N) is 1. The predicted molar refractivity (Wildman–Crippen MR) is 169 cm³/mol. The molecule has 1 amide bonds. The third-order valence-corrected chi connectivity index (χ3v) is 9.78. The maximum Gasteiger partial charge on any atom is 0.246 e. The van der Waals surface area contributed by atoms with Crippen LogP contribution in [-0.2, 0) is 4.79 Å². The summed E-state index contributed by atoms with van der Waals surface area (Å²) < 4.78 is 16.9. The molecule has 1 saturated carbocycles. The normalized spacial score (nSPS) is 21.2. The van der Waals surface area contributed by atoms with E-state index in [2.05, 4.69) is 45.4 Å². The number of aromatic amines is 1. The van der Waals surface area contributed by atoms with Crippen LogP contribution in [0, 0.1) is 12.7 Å². The minimum atomic E-state index is -0.481. The molecule has 0 radical (unpaired) electrons. The minimum absolute atomic E-state index is 0.0707. The summed E-state index contributed by atoms with van der Waals surface area (Å²) in [4.78, 5) is 31.1. The first kappa shape index (κ1) is 28.0. The van der Waals surface area contributed by atoms with Gasteiger partial charge in [0.25, 0.3) is 0 Å². The van der Waals surface area contributed by atoms with Crippen molar-refractivity contribution in [2.45, 2.75) is 57.8 Å². The molecule has 0 spiro atoms. The average Bonchev–Trinajstić information content (AvgIpc) is 3.71. The summed E-state index contributed by atoms with van der Waals surface area (Å²) in [6.07, 6.45) is 5.57. The second-order valence-corrected chi connectivity index (χ2v) is 12.8. The molecular formula is C32H36ClFN8O. The van der Waals surface area contributed by atoms with Gasteiger partial charge in [0.1, 0.15) is 11.3 Å². The number of piperazine rings is 1. The van der Waals surface area contributed by atoms with Crippen LogP contribution in [0.2, 0.25) is 5.02 Å². The van der Waals surface area contributed by atoms with Gasteiger partial charge >= 0.3 is 0 Å². The average molecular weight is 603 g/mol. The summed E-state index contributed by atoms with van der Waals surface area (Å²) in [5.74, 6) is 0.565. The number of aryl methyl sites for hydroxylation is 1. The molecule has 2 aromatic heterocycles. The summed E-state index contributed by atoms with van der Waals surface area (Å²) in [7, 11) is 2.19. The Morgan fingerprint density at radius 1 is 1.12 bits per heavy atom. The zero-order valence-corrected chi connectivity index (χ0v) is 25.7. The second kappa shape index (κ2) is 10.4. The van der Waals surface area contributed by atoms with E-state index in [1.807, 2.05) is 30.9 Å². The number of amides is 1. The van der Waals surface area contributed by atoms with Crippen molar-refractivity contribution in [1.82, 2.24) is 30.0 Å². The van der Waals surface area contributed by atoms with Gasteiger partial charge in [-0.05, 0) is 58.4 Å². The lowest BCUT2D eigenvalue weighted by Crippen LogP contribution is -2.60. The number of rotatable bonds is 6. The van der Waals surface area contributed by atoms with E-state index in [0.717, 1.165) is 29.6 Å². The SMILES string of the molecule is C=CC(=O)N1C[C@H](C)N(c2nc(N3CC(N(C)C4CC4)C3)nc3c(F)c(-c4c(C)ccc5cn[nH]c45)c(Cl)cc23)C[C@H]1C. The Kier molecular flexibility index (Phi) is 6.81. The van der Waals surface area contributed by atoms with Crippen LogP contribution in [0.15, 0.2) is 37.1 Å². The molecule has 7 rings (SSSR count). The molecule has 224 valence electrons. The first-order valence-electron chi connectivity index (χ1n) is 15.0. The van der Waals surface area contributed by atoms with Gasteiger partial charge in [0.05, 0.1) is 16.7 Å². The fourth-order valence-electron chi connectivity index (χ4n) is 6.70. The van der Waals surface area contributed by atoms with Gasteiger partial charge < -0.3 is 14.7 Å². The standard InChI is InChI=1S/C32H36ClFN8O/c1-6-25(43)41-13-19(4)42(14-18(41)3)31-23-11-24(33)27(26-17(2)7-8-20-12-35-38-29(20)26)28(34)30(23)36-32(37-31)40-15-22(16-40)39(5)21-9-10-21/h6-8,11-12,18-19,21-22H,1,9-10,13-16H2,2-5H3,(H,35,38)/t18-,19+/m1/s1. The predicted octanol–water partition coefficient (Wildman–Crippen LogP) is 5.17. The molecule has 4 aromatic rings. The van der Waals surface area contributed by atoms with Crippen LogP contribution >= 0.6 is 11.6 Å². The Labute approximate surface area is 255 Å². The van der Waals surface area contributed by atoms with Crippen LogP contribution in [0.1, 0.15) is 32.3 Å². The minimum Gasteiger partial charge on any atom is -0.349 e. The number of fused-ring (bicyclic) bond motifs is 2. The number of benzene rings is 2. The summed E-state index contributed by atoms with van der Waals surface area (Å²) in [6, 6.07) is 6.63. The first-order valence-corrected chi connectivity index (χ1v) is 15.3. The third-order valence-electron chi connectivity index (χ3n) is 9.49. The molecule has 3 fully saturated rings. The molecule has 43 heavy (non-hydrogen) atoms. The van der Waals surface area contributed by atoms with Crippen molar-refractivity contribution in [1.29, 1.82) is 0 Å². The highest BCUT2D eigenvalue weighted by molar-refractivity contribution is 6.35. The quantitative estimate of drug-likeness (QED) is 0.305. The molecule has 2 atom stereocenters. The molecule has 2 aromatic carbocycles. The molecular weight excluding hydrogens is 567 g/mol. The van der Waals surface area contributed by atoms with Gasteiger partial charge in [-0.1, -0.05) is 30.3 Å². The molecule has 9 nitrogen and oxygen atoms in total. The number of hydrogen-bond acceptors (Lipinski definition) is 7. The Morgan fingerprint density at radius 3 is 2.60 bits per heavy atom. The summed E-state index contributed by atoms with van der Waals surface area (Å²) in [6.45, 7) is 12.3. The molecule has 2 saturated heterocycles. The Bertz CT molecular complexity index is 1760.